The summed E-state index contributed by atoms with van der Waals surface area (Å²) in [6.07, 6.45) is 3.12. The summed E-state index contributed by atoms with van der Waals surface area (Å²) in [6.45, 7) is 11.2. The molecule has 1 aliphatic heterocycles. The Morgan fingerprint density at radius 3 is 2.32 bits per heavy atom. The van der Waals surface area contributed by atoms with E-state index in [2.05, 4.69) is 29.4 Å². The monoisotopic (exact) mass is 312 g/mol. The third kappa shape index (κ3) is 7.64. The first-order valence-corrected chi connectivity index (χ1v) is 8.54. The van der Waals surface area contributed by atoms with Crippen molar-refractivity contribution in [2.45, 2.75) is 40.0 Å². The molecule has 128 valence electrons. The fraction of sp³-hybridized carbons (Fsp3) is 0.875. The van der Waals surface area contributed by atoms with E-state index < -0.39 is 0 Å². The van der Waals surface area contributed by atoms with Gasteiger partial charge < -0.3 is 15.5 Å². The number of hydrogen-bond acceptors (Lipinski definition) is 3. The zero-order valence-corrected chi connectivity index (χ0v) is 14.4. The summed E-state index contributed by atoms with van der Waals surface area (Å²) in [4.78, 5) is 27.6. The molecule has 1 rings (SSSR count). The Kier molecular flexibility index (Phi) is 8.89. The minimum atomic E-state index is 0.0267. The summed E-state index contributed by atoms with van der Waals surface area (Å²) in [6, 6.07) is 0.0267. The Morgan fingerprint density at radius 2 is 1.73 bits per heavy atom. The first-order chi connectivity index (χ1) is 10.5. The molecule has 1 saturated heterocycles. The molecule has 0 aromatic carbocycles. The lowest BCUT2D eigenvalue weighted by Gasteiger charge is -2.34. The average Bonchev–Trinajstić information content (AvgIpc) is 2.50. The maximum atomic E-state index is 12.0. The minimum absolute atomic E-state index is 0.0267. The summed E-state index contributed by atoms with van der Waals surface area (Å²) in [5.41, 5.74) is 0. The van der Waals surface area contributed by atoms with Crippen LogP contribution in [0.15, 0.2) is 0 Å². The first-order valence-electron chi connectivity index (χ1n) is 8.54. The van der Waals surface area contributed by atoms with Crippen LogP contribution in [0.25, 0.3) is 0 Å². The molecule has 0 spiro atoms. The van der Waals surface area contributed by atoms with E-state index in [1.54, 1.807) is 0 Å². The Morgan fingerprint density at radius 1 is 1.05 bits per heavy atom. The highest BCUT2D eigenvalue weighted by molar-refractivity contribution is 5.78. The van der Waals surface area contributed by atoms with E-state index in [1.807, 2.05) is 11.8 Å². The standard InChI is InChI=1S/C16H32N4O2/c1-4-7-17-15(21)13-19-9-11-20(12-10-19)16(22)18-8-5-6-14(2)3/h14H,4-13H2,1-3H3,(H,17,21)(H,18,22). The molecule has 0 unspecified atom stereocenters. The van der Waals surface area contributed by atoms with Crippen LogP contribution >= 0.6 is 0 Å². The van der Waals surface area contributed by atoms with Crippen LogP contribution in [-0.4, -0.2) is 67.6 Å². The number of rotatable bonds is 8. The molecule has 6 heteroatoms. The van der Waals surface area contributed by atoms with Crippen molar-refractivity contribution in [1.82, 2.24) is 20.4 Å². The summed E-state index contributed by atoms with van der Waals surface area (Å²) in [5.74, 6) is 0.757. The van der Waals surface area contributed by atoms with Crippen LogP contribution in [0.5, 0.6) is 0 Å². The molecular formula is C16H32N4O2. The number of hydrogen-bond donors (Lipinski definition) is 2. The summed E-state index contributed by atoms with van der Waals surface area (Å²) >= 11 is 0. The van der Waals surface area contributed by atoms with Crippen molar-refractivity contribution < 1.29 is 9.59 Å². The van der Waals surface area contributed by atoms with E-state index in [0.717, 1.165) is 45.4 Å². The van der Waals surface area contributed by atoms with Crippen molar-refractivity contribution >= 4 is 11.9 Å². The molecule has 0 saturated carbocycles. The lowest BCUT2D eigenvalue weighted by Crippen LogP contribution is -2.53. The SMILES string of the molecule is CCCNC(=O)CN1CCN(C(=O)NCCCC(C)C)CC1. The maximum Gasteiger partial charge on any atom is 0.317 e. The normalized spacial score (nSPS) is 15.9. The molecule has 0 atom stereocenters. The smallest absolute Gasteiger partial charge is 0.317 e. The molecule has 0 radical (unpaired) electrons. The van der Waals surface area contributed by atoms with Gasteiger partial charge in [0.25, 0.3) is 0 Å². The second kappa shape index (κ2) is 10.4. The second-order valence-electron chi connectivity index (χ2n) is 6.38. The van der Waals surface area contributed by atoms with Gasteiger partial charge in [0.15, 0.2) is 0 Å². The minimum Gasteiger partial charge on any atom is -0.355 e. The van der Waals surface area contributed by atoms with Crippen LogP contribution in [0.1, 0.15) is 40.0 Å². The van der Waals surface area contributed by atoms with E-state index in [4.69, 9.17) is 0 Å². The zero-order valence-electron chi connectivity index (χ0n) is 14.4. The van der Waals surface area contributed by atoms with Gasteiger partial charge in [0.05, 0.1) is 6.54 Å². The predicted molar refractivity (Wildman–Crippen MR) is 88.8 cm³/mol. The average molecular weight is 312 g/mol. The van der Waals surface area contributed by atoms with Gasteiger partial charge in [-0.25, -0.2) is 4.79 Å². The van der Waals surface area contributed by atoms with Gasteiger partial charge in [-0.05, 0) is 25.2 Å². The van der Waals surface area contributed by atoms with Crippen LogP contribution in [0.3, 0.4) is 0 Å². The third-order valence-corrected chi connectivity index (χ3v) is 3.83. The molecular weight excluding hydrogens is 280 g/mol. The fourth-order valence-electron chi connectivity index (χ4n) is 2.45. The molecule has 6 nitrogen and oxygen atoms in total. The molecule has 2 N–H and O–H groups in total. The van der Waals surface area contributed by atoms with Crippen LogP contribution < -0.4 is 10.6 Å². The predicted octanol–water partition coefficient (Wildman–Crippen LogP) is 1.28. The van der Waals surface area contributed by atoms with Crippen molar-refractivity contribution in [1.29, 1.82) is 0 Å². The highest BCUT2D eigenvalue weighted by atomic mass is 16.2. The Labute approximate surface area is 134 Å². The molecule has 0 bridgehead atoms. The number of nitrogens with zero attached hydrogens (tertiary/aromatic N) is 2. The molecule has 0 aromatic heterocycles. The highest BCUT2D eigenvalue weighted by Gasteiger charge is 2.21. The quantitative estimate of drug-likeness (QED) is 0.664. The van der Waals surface area contributed by atoms with E-state index >= 15 is 0 Å². The largest absolute Gasteiger partial charge is 0.355 e. The number of carbonyl (C=O) groups excluding carboxylic acids is 2. The lowest BCUT2D eigenvalue weighted by molar-refractivity contribution is -0.122. The molecule has 1 aliphatic rings. The van der Waals surface area contributed by atoms with Crippen LogP contribution in [-0.2, 0) is 4.79 Å². The molecule has 0 aliphatic carbocycles. The van der Waals surface area contributed by atoms with Crippen molar-refractivity contribution in [3.8, 4) is 0 Å². The Balaban J connectivity index is 2.16. The highest BCUT2D eigenvalue weighted by Crippen LogP contribution is 2.04. The van der Waals surface area contributed by atoms with Gasteiger partial charge in [0.1, 0.15) is 0 Å². The van der Waals surface area contributed by atoms with E-state index in [0.29, 0.717) is 25.6 Å². The van der Waals surface area contributed by atoms with Crippen molar-refractivity contribution in [2.24, 2.45) is 5.92 Å². The molecule has 1 heterocycles. The number of amides is 3. The first kappa shape index (κ1) is 18.7. The summed E-state index contributed by atoms with van der Waals surface area (Å²) < 4.78 is 0. The van der Waals surface area contributed by atoms with Gasteiger partial charge in [-0.3, -0.25) is 9.69 Å². The number of piperazine rings is 1. The van der Waals surface area contributed by atoms with Gasteiger partial charge in [0.2, 0.25) is 5.91 Å². The van der Waals surface area contributed by atoms with Crippen molar-refractivity contribution in [3.63, 3.8) is 0 Å². The van der Waals surface area contributed by atoms with E-state index in [-0.39, 0.29) is 11.9 Å². The van der Waals surface area contributed by atoms with Gasteiger partial charge >= 0.3 is 6.03 Å². The molecule has 3 amide bonds. The van der Waals surface area contributed by atoms with Crippen LogP contribution in [0.2, 0.25) is 0 Å². The number of carbonyl (C=O) groups is 2. The molecule has 0 aromatic rings. The number of nitrogens with one attached hydrogen (secondary N) is 2. The fourth-order valence-corrected chi connectivity index (χ4v) is 2.45. The lowest BCUT2D eigenvalue weighted by atomic mass is 10.1. The topological polar surface area (TPSA) is 64.7 Å². The number of urea groups is 1. The van der Waals surface area contributed by atoms with Gasteiger partial charge in [-0.2, -0.15) is 0 Å². The molecule has 22 heavy (non-hydrogen) atoms. The van der Waals surface area contributed by atoms with Crippen molar-refractivity contribution in [2.75, 3.05) is 45.8 Å². The second-order valence-corrected chi connectivity index (χ2v) is 6.38. The van der Waals surface area contributed by atoms with Gasteiger partial charge in [0, 0.05) is 39.3 Å². The summed E-state index contributed by atoms with van der Waals surface area (Å²) in [5, 5.41) is 5.86. The Bertz CT molecular complexity index is 339. The zero-order chi connectivity index (χ0) is 16.4. The van der Waals surface area contributed by atoms with Crippen LogP contribution in [0.4, 0.5) is 4.79 Å². The van der Waals surface area contributed by atoms with Gasteiger partial charge in [-0.1, -0.05) is 20.8 Å². The third-order valence-electron chi connectivity index (χ3n) is 3.83. The Hall–Kier alpha value is -1.30. The summed E-state index contributed by atoms with van der Waals surface area (Å²) in [7, 11) is 0. The van der Waals surface area contributed by atoms with Gasteiger partial charge in [-0.15, -0.1) is 0 Å². The van der Waals surface area contributed by atoms with Crippen molar-refractivity contribution in [3.05, 3.63) is 0 Å². The molecule has 1 fully saturated rings. The maximum absolute atomic E-state index is 12.0. The van der Waals surface area contributed by atoms with E-state index in [9.17, 15) is 9.59 Å². The van der Waals surface area contributed by atoms with E-state index in [1.165, 1.54) is 0 Å². The van der Waals surface area contributed by atoms with Crippen LogP contribution in [0, 0.1) is 5.92 Å².